The van der Waals surface area contributed by atoms with Gasteiger partial charge in [0.2, 0.25) is 0 Å². The fourth-order valence-corrected chi connectivity index (χ4v) is 2.67. The van der Waals surface area contributed by atoms with E-state index >= 15 is 0 Å². The first-order valence-corrected chi connectivity index (χ1v) is 8.22. The number of nitrogens with zero attached hydrogens (tertiary/aromatic N) is 4. The normalized spacial score (nSPS) is 12.0. The molecule has 1 aromatic carbocycles. The van der Waals surface area contributed by atoms with Crippen molar-refractivity contribution in [1.82, 2.24) is 15.0 Å². The van der Waals surface area contributed by atoms with Gasteiger partial charge in [-0.05, 0) is 6.07 Å². The van der Waals surface area contributed by atoms with E-state index < -0.39 is 22.6 Å². The highest BCUT2D eigenvalue weighted by Crippen LogP contribution is 2.33. The van der Waals surface area contributed by atoms with E-state index in [1.807, 2.05) is 0 Å². The molecular formula is C15H15F3N4O3S. The molecule has 26 heavy (non-hydrogen) atoms. The smallest absolute Gasteiger partial charge is 0.330 e. The highest BCUT2D eigenvalue weighted by atomic mass is 32.2. The summed E-state index contributed by atoms with van der Waals surface area (Å²) in [5.74, 6) is -4.05. The number of benzene rings is 1. The Balaban J connectivity index is 2.57. The van der Waals surface area contributed by atoms with Crippen molar-refractivity contribution in [3.63, 3.8) is 0 Å². The molecule has 1 aromatic heterocycles. The molecule has 0 aliphatic heterocycles. The number of hydrogen-bond donors (Lipinski definition) is 0. The molecule has 0 saturated carbocycles. The standard InChI is InChI=1S/C15H15F3N4O3S/c1-8(12-19-14(24-3)21-15(20-12)25-4)9-6-5-7-10(16)11(9)22(2)26(23)13(17)18/h5-7,13H,1H2,2-4H3. The average molecular weight is 388 g/mol. The Morgan fingerprint density at radius 3 is 2.27 bits per heavy atom. The number of alkyl halides is 2. The quantitative estimate of drug-likeness (QED) is 0.725. The third-order valence-electron chi connectivity index (χ3n) is 3.28. The van der Waals surface area contributed by atoms with Crippen molar-refractivity contribution in [2.24, 2.45) is 0 Å². The van der Waals surface area contributed by atoms with Gasteiger partial charge in [-0.15, -0.1) is 4.98 Å². The first-order chi connectivity index (χ1) is 12.3. The fraction of sp³-hybridized carbons (Fsp3) is 0.267. The number of halogens is 3. The van der Waals surface area contributed by atoms with Crippen molar-refractivity contribution >= 4 is 22.2 Å². The Bertz CT molecular complexity index is 829. The second kappa shape index (κ2) is 8.13. The second-order valence-electron chi connectivity index (χ2n) is 4.78. The Morgan fingerprint density at radius 2 is 1.77 bits per heavy atom. The lowest BCUT2D eigenvalue weighted by atomic mass is 10.0. The van der Waals surface area contributed by atoms with E-state index in [0.717, 1.165) is 13.1 Å². The molecule has 0 bridgehead atoms. The van der Waals surface area contributed by atoms with Gasteiger partial charge in [-0.2, -0.15) is 18.7 Å². The van der Waals surface area contributed by atoms with Crippen LogP contribution in [0.25, 0.3) is 5.57 Å². The van der Waals surface area contributed by atoms with Crippen molar-refractivity contribution in [2.45, 2.75) is 5.76 Å². The Labute approximate surface area is 150 Å². The number of anilines is 1. The van der Waals surface area contributed by atoms with Crippen LogP contribution in [0.15, 0.2) is 24.8 Å². The van der Waals surface area contributed by atoms with Gasteiger partial charge in [0.05, 0.1) is 19.9 Å². The lowest BCUT2D eigenvalue weighted by Gasteiger charge is -2.22. The van der Waals surface area contributed by atoms with E-state index in [2.05, 4.69) is 21.5 Å². The maximum Gasteiger partial charge on any atom is 0.330 e. The predicted molar refractivity (Wildman–Crippen MR) is 90.0 cm³/mol. The van der Waals surface area contributed by atoms with Crippen LogP contribution < -0.4 is 13.8 Å². The Kier molecular flexibility index (Phi) is 6.14. The van der Waals surface area contributed by atoms with Gasteiger partial charge >= 0.3 is 17.8 Å². The second-order valence-corrected chi connectivity index (χ2v) is 6.24. The molecule has 0 N–H and O–H groups in total. The molecule has 0 fully saturated rings. The minimum absolute atomic E-state index is 0.0169. The minimum Gasteiger partial charge on any atom is -0.467 e. The first-order valence-electron chi connectivity index (χ1n) is 7.05. The molecule has 0 radical (unpaired) electrons. The van der Waals surface area contributed by atoms with E-state index in [1.165, 1.54) is 26.4 Å². The first kappa shape index (κ1) is 19.6. The molecule has 2 rings (SSSR count). The largest absolute Gasteiger partial charge is 0.467 e. The van der Waals surface area contributed by atoms with Gasteiger partial charge in [-0.1, -0.05) is 18.7 Å². The van der Waals surface area contributed by atoms with Crippen molar-refractivity contribution in [1.29, 1.82) is 0 Å². The summed E-state index contributed by atoms with van der Waals surface area (Å²) in [6.45, 7) is 3.79. The van der Waals surface area contributed by atoms with E-state index in [0.29, 0.717) is 4.31 Å². The topological polar surface area (TPSA) is 77.4 Å². The van der Waals surface area contributed by atoms with Crippen molar-refractivity contribution in [3.8, 4) is 12.0 Å². The summed E-state index contributed by atoms with van der Waals surface area (Å²) in [7, 11) is 0.988. The van der Waals surface area contributed by atoms with Crippen LogP contribution in [0.2, 0.25) is 0 Å². The number of para-hydroxylation sites is 1. The average Bonchev–Trinajstić information content (AvgIpc) is 2.65. The van der Waals surface area contributed by atoms with Gasteiger partial charge in [-0.3, -0.25) is 4.31 Å². The van der Waals surface area contributed by atoms with Crippen LogP contribution in [0, 0.1) is 5.82 Å². The summed E-state index contributed by atoms with van der Waals surface area (Å²) in [5.41, 5.74) is -0.164. The van der Waals surface area contributed by atoms with Crippen LogP contribution >= 0.6 is 0 Å². The van der Waals surface area contributed by atoms with Crippen molar-refractivity contribution in [2.75, 3.05) is 25.6 Å². The zero-order chi connectivity index (χ0) is 19.4. The molecule has 1 heterocycles. The summed E-state index contributed by atoms with van der Waals surface area (Å²) in [6.07, 6.45) is 0. The van der Waals surface area contributed by atoms with Crippen LogP contribution in [0.1, 0.15) is 11.4 Å². The molecule has 11 heteroatoms. The molecule has 140 valence electrons. The monoisotopic (exact) mass is 388 g/mol. The molecule has 0 amide bonds. The third-order valence-corrected chi connectivity index (χ3v) is 4.31. The molecule has 1 atom stereocenters. The zero-order valence-corrected chi connectivity index (χ0v) is 14.9. The molecule has 1 unspecified atom stereocenters. The summed E-state index contributed by atoms with van der Waals surface area (Å²) in [4.78, 5) is 11.8. The Hall–Kier alpha value is -2.69. The van der Waals surface area contributed by atoms with Crippen LogP contribution in [0.3, 0.4) is 0 Å². The van der Waals surface area contributed by atoms with E-state index in [1.54, 1.807) is 0 Å². The van der Waals surface area contributed by atoms with Gasteiger partial charge < -0.3 is 9.47 Å². The van der Waals surface area contributed by atoms with Gasteiger partial charge in [0, 0.05) is 18.2 Å². The maximum absolute atomic E-state index is 14.3. The summed E-state index contributed by atoms with van der Waals surface area (Å²) in [6, 6.07) is 3.68. The molecule has 2 aromatic rings. The van der Waals surface area contributed by atoms with Crippen molar-refractivity contribution < 1.29 is 26.9 Å². The van der Waals surface area contributed by atoms with E-state index in [4.69, 9.17) is 9.47 Å². The highest BCUT2D eigenvalue weighted by molar-refractivity contribution is 7.86. The predicted octanol–water partition coefficient (Wildman–Crippen LogP) is 2.41. The fourth-order valence-electron chi connectivity index (χ4n) is 2.06. The summed E-state index contributed by atoms with van der Waals surface area (Å²) in [5, 5.41) is 0. The molecule has 0 aliphatic carbocycles. The van der Waals surface area contributed by atoms with Crippen LogP contribution in [-0.2, 0) is 11.0 Å². The number of hydrogen-bond acceptors (Lipinski definition) is 6. The van der Waals surface area contributed by atoms with Crippen LogP contribution in [0.4, 0.5) is 18.9 Å². The molecule has 0 aliphatic rings. The molecule has 0 saturated heterocycles. The number of methoxy groups -OCH3 is 2. The third kappa shape index (κ3) is 3.93. The lowest BCUT2D eigenvalue weighted by Crippen LogP contribution is -2.27. The number of rotatable bonds is 7. The van der Waals surface area contributed by atoms with Crippen LogP contribution in [0.5, 0.6) is 12.0 Å². The van der Waals surface area contributed by atoms with Gasteiger partial charge in [-0.25, -0.2) is 8.60 Å². The zero-order valence-electron chi connectivity index (χ0n) is 14.1. The Morgan fingerprint density at radius 1 is 1.19 bits per heavy atom. The van der Waals surface area contributed by atoms with Crippen LogP contribution in [-0.4, -0.2) is 46.2 Å². The minimum atomic E-state index is -3.18. The lowest BCUT2D eigenvalue weighted by molar-refractivity contribution is 0.243. The maximum atomic E-state index is 14.3. The van der Waals surface area contributed by atoms with Gasteiger partial charge in [0.25, 0.3) is 0 Å². The van der Waals surface area contributed by atoms with Crippen molar-refractivity contribution in [3.05, 3.63) is 42.0 Å². The molecule has 7 nitrogen and oxygen atoms in total. The summed E-state index contributed by atoms with van der Waals surface area (Å²) < 4.78 is 62.1. The van der Waals surface area contributed by atoms with E-state index in [9.17, 15) is 17.4 Å². The van der Waals surface area contributed by atoms with Gasteiger partial charge in [0.15, 0.2) is 16.8 Å². The van der Waals surface area contributed by atoms with E-state index in [-0.39, 0.29) is 34.7 Å². The SMILES string of the molecule is C=C(c1nc(OC)nc(OC)n1)c1cccc(F)c1N(C)S(=O)C(F)F. The summed E-state index contributed by atoms with van der Waals surface area (Å²) >= 11 is 0. The number of ether oxygens (including phenoxy) is 2. The van der Waals surface area contributed by atoms with Gasteiger partial charge in [0.1, 0.15) is 5.82 Å². The highest BCUT2D eigenvalue weighted by Gasteiger charge is 2.26. The molecular weight excluding hydrogens is 373 g/mol. The number of aromatic nitrogens is 3. The molecule has 0 spiro atoms.